The Bertz CT molecular complexity index is 218. The van der Waals surface area contributed by atoms with Crippen molar-refractivity contribution in [1.29, 1.82) is 0 Å². The summed E-state index contributed by atoms with van der Waals surface area (Å²) in [5, 5.41) is 28.8. The Kier molecular flexibility index (Phi) is 21.6. The molecule has 0 aromatic carbocycles. The number of carboxylic acid groups (broad SMARTS) is 3. The third kappa shape index (κ3) is 31.7. The van der Waals surface area contributed by atoms with E-state index in [1.807, 2.05) is 0 Å². The van der Waals surface area contributed by atoms with E-state index in [4.69, 9.17) is 0 Å². The van der Waals surface area contributed by atoms with Crippen LogP contribution in [0.3, 0.4) is 0 Å². The minimum absolute atomic E-state index is 0. The van der Waals surface area contributed by atoms with E-state index in [9.17, 15) is 29.7 Å². The van der Waals surface area contributed by atoms with Gasteiger partial charge in [0.2, 0.25) is 0 Å². The fourth-order valence-corrected chi connectivity index (χ4v) is 0. The van der Waals surface area contributed by atoms with Crippen molar-refractivity contribution in [2.24, 2.45) is 17.8 Å². The minimum atomic E-state index is -0.991. The van der Waals surface area contributed by atoms with Crippen LogP contribution >= 0.6 is 0 Å². The maximum absolute atomic E-state index is 9.59. The number of carbonyl (C=O) groups is 3. The van der Waals surface area contributed by atoms with Gasteiger partial charge in [0.1, 0.15) is 0 Å². The van der Waals surface area contributed by atoms with E-state index < -0.39 is 17.9 Å². The van der Waals surface area contributed by atoms with Crippen molar-refractivity contribution in [3.63, 3.8) is 0 Å². The first-order chi connectivity index (χ1) is 7.93. The van der Waals surface area contributed by atoms with Gasteiger partial charge in [0.05, 0.1) is 0 Å². The van der Waals surface area contributed by atoms with Crippen LogP contribution in [0.1, 0.15) is 41.5 Å². The summed E-state index contributed by atoms with van der Waals surface area (Å²) in [5.41, 5.74) is 0. The second-order valence-corrected chi connectivity index (χ2v) is 4.42. The van der Waals surface area contributed by atoms with Crippen LogP contribution in [0, 0.1) is 17.8 Å². The molecule has 0 unspecified atom stereocenters. The van der Waals surface area contributed by atoms with E-state index in [1.165, 1.54) is 0 Å². The molecule has 0 saturated heterocycles. The zero-order valence-electron chi connectivity index (χ0n) is 12.3. The van der Waals surface area contributed by atoms with Crippen LogP contribution in [0.2, 0.25) is 0 Å². The van der Waals surface area contributed by atoms with Gasteiger partial charge in [-0.05, 0) is 17.8 Å². The predicted molar refractivity (Wildman–Crippen MR) is 65.3 cm³/mol. The summed E-state index contributed by atoms with van der Waals surface area (Å²) in [7, 11) is 0. The Morgan fingerprint density at radius 1 is 0.579 bits per heavy atom. The number of hydrogen-bond acceptors (Lipinski definition) is 6. The molecule has 6 nitrogen and oxygen atoms in total. The molecule has 0 amide bonds. The minimum Gasteiger partial charge on any atom is -0.550 e. The van der Waals surface area contributed by atoms with Crippen molar-refractivity contribution >= 4 is 43.8 Å². The Balaban J connectivity index is -0.0000000865. The third-order valence-electron chi connectivity index (χ3n) is 1.41. The van der Waals surface area contributed by atoms with Gasteiger partial charge < -0.3 is 29.7 Å². The van der Waals surface area contributed by atoms with Gasteiger partial charge in [-0.1, -0.05) is 41.5 Å². The van der Waals surface area contributed by atoms with Gasteiger partial charge in [0.25, 0.3) is 0 Å². The van der Waals surface area contributed by atoms with Crippen LogP contribution in [0.25, 0.3) is 0 Å². The molecule has 7 heteroatoms. The molecule has 0 aromatic heterocycles. The summed E-state index contributed by atoms with van der Waals surface area (Å²) >= 11 is 0. The molecule has 0 heterocycles. The van der Waals surface area contributed by atoms with Crippen LogP contribution in [0.15, 0.2) is 0 Å². The normalized spacial score (nSPS) is 8.68. The second-order valence-electron chi connectivity index (χ2n) is 4.42. The summed E-state index contributed by atoms with van der Waals surface area (Å²) in [4.78, 5) is 28.8. The molecule has 0 atom stereocenters. The van der Waals surface area contributed by atoms with Gasteiger partial charge in [-0.3, -0.25) is 0 Å². The van der Waals surface area contributed by atoms with Crippen molar-refractivity contribution in [3.05, 3.63) is 0 Å². The topological polar surface area (TPSA) is 120 Å². The van der Waals surface area contributed by atoms with Crippen molar-refractivity contribution in [2.75, 3.05) is 0 Å². The molecule has 0 aliphatic rings. The van der Waals surface area contributed by atoms with Gasteiger partial charge in [0.15, 0.2) is 0 Å². The van der Waals surface area contributed by atoms with Gasteiger partial charge in [-0.25, -0.2) is 0 Å². The van der Waals surface area contributed by atoms with Crippen molar-refractivity contribution in [3.8, 4) is 0 Å². The van der Waals surface area contributed by atoms with E-state index in [2.05, 4.69) is 0 Å². The summed E-state index contributed by atoms with van der Waals surface area (Å²) in [6, 6.07) is 0. The maximum Gasteiger partial charge on any atom is 3.00 e. The molecule has 0 N–H and O–H groups in total. The van der Waals surface area contributed by atoms with Crippen molar-refractivity contribution in [2.45, 2.75) is 41.5 Å². The van der Waals surface area contributed by atoms with Crippen LogP contribution in [0.4, 0.5) is 0 Å². The molecule has 0 saturated carbocycles. The van der Waals surface area contributed by atoms with Crippen molar-refractivity contribution in [1.82, 2.24) is 0 Å². The molecule has 0 rings (SSSR count). The average molecular weight is 376 g/mol. The first kappa shape index (κ1) is 26.8. The zero-order chi connectivity index (χ0) is 15.5. The zero-order valence-corrected chi connectivity index (χ0v) is 15.6. The molecular formula is C12H21InO6. The van der Waals surface area contributed by atoms with Crippen LogP contribution in [-0.2, 0) is 14.4 Å². The first-order valence-corrected chi connectivity index (χ1v) is 5.55. The largest absolute Gasteiger partial charge is 3.00 e. The average Bonchev–Trinajstić information content (AvgIpc) is 2.18. The second kappa shape index (κ2) is 15.3. The van der Waals surface area contributed by atoms with Gasteiger partial charge in [-0.15, -0.1) is 0 Å². The Labute approximate surface area is 133 Å². The van der Waals surface area contributed by atoms with Gasteiger partial charge in [0, 0.05) is 17.9 Å². The molecule has 0 aliphatic heterocycles. The van der Waals surface area contributed by atoms with Crippen LogP contribution in [0.5, 0.6) is 0 Å². The van der Waals surface area contributed by atoms with E-state index >= 15 is 0 Å². The summed E-state index contributed by atoms with van der Waals surface area (Å²) in [6.07, 6.45) is 0. The first-order valence-electron chi connectivity index (χ1n) is 5.55. The maximum atomic E-state index is 9.59. The van der Waals surface area contributed by atoms with E-state index in [0.29, 0.717) is 0 Å². The molecule has 19 heavy (non-hydrogen) atoms. The number of carboxylic acids is 3. The van der Waals surface area contributed by atoms with E-state index in [1.54, 1.807) is 41.5 Å². The van der Waals surface area contributed by atoms with Gasteiger partial charge in [-0.2, -0.15) is 0 Å². The smallest absolute Gasteiger partial charge is 0.550 e. The van der Waals surface area contributed by atoms with Crippen LogP contribution in [-0.4, -0.2) is 43.8 Å². The molecule has 0 aromatic rings. The molecular weight excluding hydrogens is 355 g/mol. The fraction of sp³-hybridized carbons (Fsp3) is 0.750. The molecule has 0 fully saturated rings. The quantitative estimate of drug-likeness (QED) is 0.551. The summed E-state index contributed by atoms with van der Waals surface area (Å²) in [5.74, 6) is -4.00. The van der Waals surface area contributed by atoms with Crippen molar-refractivity contribution < 1.29 is 29.7 Å². The summed E-state index contributed by atoms with van der Waals surface area (Å²) in [6.45, 7) is 9.47. The molecule has 0 radical (unpaired) electrons. The Hall–Kier alpha value is -0.720. The monoisotopic (exact) mass is 376 g/mol. The van der Waals surface area contributed by atoms with E-state index in [-0.39, 0.29) is 43.6 Å². The number of hydrogen-bond donors (Lipinski definition) is 0. The number of aliphatic carboxylic acids is 3. The predicted octanol–water partition coefficient (Wildman–Crippen LogP) is -2.20. The molecule has 108 valence electrons. The standard InChI is InChI=1S/3C4H8O2.In/c3*1-3(2)4(5)6;/h3*3H,1-2H3,(H,5,6);/q;;;+3/p-3. The summed E-state index contributed by atoms with van der Waals surface area (Å²) < 4.78 is 0. The fourth-order valence-electron chi connectivity index (χ4n) is 0. The van der Waals surface area contributed by atoms with Crippen LogP contribution < -0.4 is 15.3 Å². The SMILES string of the molecule is CC(C)C(=O)[O-].CC(C)C(=O)[O-].CC(C)C(=O)[O-].[In+3]. The Morgan fingerprint density at radius 2 is 0.632 bits per heavy atom. The molecule has 0 bridgehead atoms. The van der Waals surface area contributed by atoms with Gasteiger partial charge >= 0.3 is 25.8 Å². The molecule has 0 aliphatic carbocycles. The molecule has 0 spiro atoms. The number of rotatable bonds is 3. The van der Waals surface area contributed by atoms with E-state index in [0.717, 1.165) is 0 Å². The third-order valence-corrected chi connectivity index (χ3v) is 1.41. The number of carbonyl (C=O) groups excluding carboxylic acids is 3. The Morgan fingerprint density at radius 3 is 0.632 bits per heavy atom.